The largest absolute Gasteiger partial charge is 0.387 e. The molecule has 0 saturated carbocycles. The third-order valence-corrected chi connectivity index (χ3v) is 7.53. The van der Waals surface area contributed by atoms with Crippen LogP contribution in [-0.4, -0.2) is 121 Å². The Morgan fingerprint density at radius 2 is 1.88 bits per heavy atom. The summed E-state index contributed by atoms with van der Waals surface area (Å²) in [6.07, 6.45) is -2.20. The van der Waals surface area contributed by atoms with Crippen LogP contribution in [0.2, 0.25) is 5.02 Å². The second-order valence-electron chi connectivity index (χ2n) is 9.58. The molecule has 192 valence electrons. The zero-order chi connectivity index (χ0) is 24.2. The number of hydrogen-bond acceptors (Lipinski definition) is 10. The third-order valence-electron chi connectivity index (χ3n) is 7.27. The van der Waals surface area contributed by atoms with Crippen molar-refractivity contribution in [3.8, 4) is 0 Å². The smallest absolute Gasteiger partial charge is 0.142 e. The fraction of sp³-hybridized carbons (Fsp3) is 0.739. The van der Waals surface area contributed by atoms with E-state index in [4.69, 9.17) is 22.1 Å². The van der Waals surface area contributed by atoms with Gasteiger partial charge in [-0.05, 0) is 37.7 Å². The van der Waals surface area contributed by atoms with Crippen molar-refractivity contribution in [1.82, 2.24) is 30.7 Å². The van der Waals surface area contributed by atoms with Gasteiger partial charge in [-0.25, -0.2) is 4.90 Å². The maximum absolute atomic E-state index is 10.8. The number of fused-ring (bicyclic) bond motifs is 1. The zero-order valence-corrected chi connectivity index (χ0v) is 20.9. The topological polar surface area (TPSA) is 122 Å². The third kappa shape index (κ3) is 6.08. The molecule has 0 bridgehead atoms. The Balaban J connectivity index is 1.24. The van der Waals surface area contributed by atoms with Gasteiger partial charge in [0, 0.05) is 37.9 Å². The van der Waals surface area contributed by atoms with Crippen LogP contribution in [-0.2, 0) is 11.2 Å². The summed E-state index contributed by atoms with van der Waals surface area (Å²) in [6.45, 7) is 7.56. The average molecular weight is 498 g/mol. The number of hydrogen-bond donors (Lipinski definition) is 6. The monoisotopic (exact) mass is 497 g/mol. The highest BCUT2D eigenvalue weighted by Gasteiger charge is 2.51. The highest BCUT2D eigenvalue weighted by Crippen LogP contribution is 2.28. The second-order valence-corrected chi connectivity index (χ2v) is 10.0. The number of ether oxygens (including phenoxy) is 1. The first-order valence-electron chi connectivity index (χ1n) is 12.3. The Labute approximate surface area is 207 Å². The van der Waals surface area contributed by atoms with Gasteiger partial charge in [-0.1, -0.05) is 30.7 Å². The molecule has 3 aliphatic heterocycles. The maximum Gasteiger partial charge on any atom is 0.142 e. The van der Waals surface area contributed by atoms with Gasteiger partial charge >= 0.3 is 0 Å². The minimum Gasteiger partial charge on any atom is -0.387 e. The Morgan fingerprint density at radius 1 is 1.12 bits per heavy atom. The van der Waals surface area contributed by atoms with Crippen molar-refractivity contribution >= 4 is 11.6 Å². The van der Waals surface area contributed by atoms with E-state index in [1.807, 2.05) is 24.1 Å². The molecular weight excluding hydrogens is 458 g/mol. The molecule has 0 radical (unpaired) electrons. The summed E-state index contributed by atoms with van der Waals surface area (Å²) in [5.74, 6) is 0. The molecule has 10 nitrogen and oxygen atoms in total. The summed E-state index contributed by atoms with van der Waals surface area (Å²) < 4.78 is 6.19. The number of nitrogens with zero attached hydrogens (tertiary/aromatic N) is 3. The molecule has 1 aromatic carbocycles. The van der Waals surface area contributed by atoms with Crippen LogP contribution in [0.1, 0.15) is 12.5 Å². The predicted molar refractivity (Wildman–Crippen MR) is 132 cm³/mol. The Bertz CT molecular complexity index is 775. The zero-order valence-electron chi connectivity index (χ0n) is 20.1. The van der Waals surface area contributed by atoms with Gasteiger partial charge in [-0.3, -0.25) is 16.0 Å². The highest BCUT2D eigenvalue weighted by atomic mass is 35.5. The minimum absolute atomic E-state index is 0.0105. The highest BCUT2D eigenvalue weighted by molar-refractivity contribution is 6.30. The van der Waals surface area contributed by atoms with Crippen molar-refractivity contribution in [2.75, 3.05) is 53.1 Å². The van der Waals surface area contributed by atoms with Crippen molar-refractivity contribution in [2.45, 2.75) is 56.3 Å². The number of benzene rings is 1. The molecule has 3 unspecified atom stereocenters. The van der Waals surface area contributed by atoms with E-state index in [0.717, 1.165) is 37.6 Å². The van der Waals surface area contributed by atoms with Gasteiger partial charge in [0.1, 0.15) is 24.5 Å². The molecule has 1 aromatic rings. The van der Waals surface area contributed by atoms with Gasteiger partial charge in [0.15, 0.2) is 0 Å². The first-order chi connectivity index (χ1) is 16.4. The predicted octanol–water partition coefficient (Wildman–Crippen LogP) is -1.42. The van der Waals surface area contributed by atoms with Crippen LogP contribution < -0.4 is 21.7 Å². The fourth-order valence-electron chi connectivity index (χ4n) is 5.08. The molecule has 3 saturated heterocycles. The molecule has 0 aliphatic carbocycles. The van der Waals surface area contributed by atoms with Crippen molar-refractivity contribution in [2.24, 2.45) is 5.73 Å². The summed E-state index contributed by atoms with van der Waals surface area (Å²) in [7, 11) is 2.03. The average Bonchev–Trinajstić information content (AvgIpc) is 3.38. The van der Waals surface area contributed by atoms with Crippen molar-refractivity contribution < 1.29 is 14.9 Å². The van der Waals surface area contributed by atoms with Crippen LogP contribution in [0.25, 0.3) is 0 Å². The van der Waals surface area contributed by atoms with E-state index in [-0.39, 0.29) is 18.4 Å². The Morgan fingerprint density at radius 3 is 2.62 bits per heavy atom. The van der Waals surface area contributed by atoms with Crippen LogP contribution in [0.15, 0.2) is 24.3 Å². The number of halogens is 1. The molecule has 7 atom stereocenters. The SMILES string of the molecule is CCN(CCc1ccc(Cl)cc1)CCN(C)C[C@H]1O[C@@H](N2CNC3C(N)NCNC32)[C@H](O)[C@@H]1O. The number of rotatable bonds is 10. The van der Waals surface area contributed by atoms with E-state index in [9.17, 15) is 10.2 Å². The van der Waals surface area contributed by atoms with E-state index >= 15 is 0 Å². The fourth-order valence-corrected chi connectivity index (χ4v) is 5.21. The molecule has 3 fully saturated rings. The number of aliphatic hydroxyl groups is 2. The lowest BCUT2D eigenvalue weighted by molar-refractivity contribution is -0.106. The van der Waals surface area contributed by atoms with Gasteiger partial charge in [-0.2, -0.15) is 0 Å². The van der Waals surface area contributed by atoms with Crippen LogP contribution in [0.3, 0.4) is 0 Å². The Kier molecular flexibility index (Phi) is 9.16. The lowest BCUT2D eigenvalue weighted by atomic mass is 10.1. The summed E-state index contributed by atoms with van der Waals surface area (Å²) in [5, 5.41) is 32.2. The molecule has 34 heavy (non-hydrogen) atoms. The molecule has 4 rings (SSSR count). The summed E-state index contributed by atoms with van der Waals surface area (Å²) in [4.78, 5) is 6.60. The van der Waals surface area contributed by atoms with Gasteiger partial charge in [0.25, 0.3) is 0 Å². The first-order valence-corrected chi connectivity index (χ1v) is 12.6. The Hall–Kier alpha value is -0.890. The van der Waals surface area contributed by atoms with Gasteiger partial charge in [0.05, 0.1) is 25.0 Å². The standard InChI is InChI=1S/C23H40ClN7O3/c1-3-30(9-8-15-4-6-16(24)7-5-15)11-10-29(2)12-17-19(32)20(33)23(34-17)31-14-28-18-21(25)26-13-27-22(18)31/h4-7,17-23,26-28,32-33H,3,8-14,25H2,1-2H3/t17-,18?,19-,20-,21?,22?,23-/m1/s1. The first kappa shape index (κ1) is 26.2. The summed E-state index contributed by atoms with van der Waals surface area (Å²) >= 11 is 5.98. The van der Waals surface area contributed by atoms with Crippen LogP contribution in [0.4, 0.5) is 0 Å². The molecule has 7 N–H and O–H groups in total. The van der Waals surface area contributed by atoms with E-state index in [0.29, 0.717) is 19.9 Å². The van der Waals surface area contributed by atoms with E-state index in [1.165, 1.54) is 5.56 Å². The van der Waals surface area contributed by atoms with Crippen LogP contribution >= 0.6 is 11.6 Å². The van der Waals surface area contributed by atoms with Gasteiger partial charge in [-0.15, -0.1) is 0 Å². The summed E-state index contributed by atoms with van der Waals surface area (Å²) in [5.41, 5.74) is 7.44. The second kappa shape index (κ2) is 11.9. The lowest BCUT2D eigenvalue weighted by Gasteiger charge is -2.38. The van der Waals surface area contributed by atoms with Crippen molar-refractivity contribution in [1.29, 1.82) is 0 Å². The van der Waals surface area contributed by atoms with E-state index in [2.05, 4.69) is 44.8 Å². The number of likely N-dealkylation sites (N-methyl/N-ethyl adjacent to an activating group) is 2. The number of nitrogens with two attached hydrogens (primary N) is 1. The lowest BCUT2D eigenvalue weighted by Crippen LogP contribution is -2.68. The van der Waals surface area contributed by atoms with Gasteiger partial charge in [0.2, 0.25) is 0 Å². The molecule has 0 aromatic heterocycles. The summed E-state index contributed by atoms with van der Waals surface area (Å²) in [6, 6.07) is 8.03. The molecule has 0 spiro atoms. The molecule has 0 amide bonds. The minimum atomic E-state index is -0.974. The maximum atomic E-state index is 10.8. The number of nitrogens with one attached hydrogen (secondary N) is 3. The van der Waals surface area contributed by atoms with E-state index in [1.54, 1.807) is 0 Å². The number of aliphatic hydroxyl groups excluding tert-OH is 2. The van der Waals surface area contributed by atoms with Crippen molar-refractivity contribution in [3.63, 3.8) is 0 Å². The van der Waals surface area contributed by atoms with Crippen molar-refractivity contribution in [3.05, 3.63) is 34.9 Å². The molecule has 3 aliphatic rings. The molecule has 3 heterocycles. The van der Waals surface area contributed by atoms with Gasteiger partial charge < -0.3 is 30.5 Å². The molecular formula is C23H40ClN7O3. The molecule has 11 heteroatoms. The quantitative estimate of drug-likeness (QED) is 0.229. The van der Waals surface area contributed by atoms with Crippen LogP contribution in [0.5, 0.6) is 0 Å². The normalized spacial score (nSPS) is 34.3. The van der Waals surface area contributed by atoms with E-state index < -0.39 is 24.5 Å². The van der Waals surface area contributed by atoms with Crippen LogP contribution in [0, 0.1) is 0 Å².